The predicted molar refractivity (Wildman–Crippen MR) is 80.8 cm³/mol. The summed E-state index contributed by atoms with van der Waals surface area (Å²) in [5, 5.41) is 0. The fourth-order valence-electron chi connectivity index (χ4n) is 2.31. The van der Waals surface area contributed by atoms with E-state index >= 15 is 0 Å². The summed E-state index contributed by atoms with van der Waals surface area (Å²) in [5.74, 6) is 0.338. The molecule has 0 amide bonds. The Morgan fingerprint density at radius 1 is 1.48 bits per heavy atom. The number of sulfonamides is 1. The molecule has 1 fully saturated rings. The third kappa shape index (κ3) is 3.66. The Balaban J connectivity index is 2.40. The van der Waals surface area contributed by atoms with E-state index in [0.29, 0.717) is 44.2 Å². The molecule has 0 saturated carbocycles. The zero-order valence-corrected chi connectivity index (χ0v) is 13.2. The molecule has 0 aliphatic carbocycles. The molecule has 1 aliphatic rings. The summed E-state index contributed by atoms with van der Waals surface area (Å²) in [6, 6.07) is 4.69. The first kappa shape index (κ1) is 16.1. The zero-order chi connectivity index (χ0) is 15.5. The van der Waals surface area contributed by atoms with Gasteiger partial charge in [-0.2, -0.15) is 4.31 Å². The van der Waals surface area contributed by atoms with Gasteiger partial charge in [-0.05, 0) is 38.5 Å². The third-order valence-electron chi connectivity index (χ3n) is 3.30. The van der Waals surface area contributed by atoms with Gasteiger partial charge in [-0.25, -0.2) is 8.42 Å². The number of nitrogens with two attached hydrogens (primary N) is 1. The number of nitrogens with zero attached hydrogens (tertiary/aromatic N) is 1. The van der Waals surface area contributed by atoms with Crippen molar-refractivity contribution in [1.29, 1.82) is 0 Å². The van der Waals surface area contributed by atoms with Gasteiger partial charge in [-0.3, -0.25) is 0 Å². The maximum atomic E-state index is 12.9. The molecule has 1 atom stereocenters. The molecule has 1 saturated heterocycles. The van der Waals surface area contributed by atoms with E-state index in [1.54, 1.807) is 12.1 Å². The van der Waals surface area contributed by atoms with Crippen LogP contribution in [0, 0.1) is 0 Å². The molecular weight excluding hydrogens is 292 g/mol. The van der Waals surface area contributed by atoms with Gasteiger partial charge in [0.2, 0.25) is 10.0 Å². The van der Waals surface area contributed by atoms with Crippen molar-refractivity contribution < 1.29 is 17.9 Å². The molecule has 21 heavy (non-hydrogen) atoms. The van der Waals surface area contributed by atoms with Crippen LogP contribution in [0.5, 0.6) is 5.75 Å². The van der Waals surface area contributed by atoms with Crippen LogP contribution in [0.2, 0.25) is 0 Å². The molecule has 0 bridgehead atoms. The van der Waals surface area contributed by atoms with Crippen LogP contribution in [0.4, 0.5) is 5.69 Å². The summed E-state index contributed by atoms with van der Waals surface area (Å²) in [7, 11) is -3.65. The van der Waals surface area contributed by atoms with Crippen LogP contribution in [0.25, 0.3) is 0 Å². The van der Waals surface area contributed by atoms with Crippen LogP contribution in [0.1, 0.15) is 20.3 Å². The van der Waals surface area contributed by atoms with E-state index in [9.17, 15) is 8.42 Å². The van der Waals surface area contributed by atoms with Crippen molar-refractivity contribution in [2.75, 3.05) is 32.0 Å². The minimum absolute atomic E-state index is 0.124. The van der Waals surface area contributed by atoms with Gasteiger partial charge in [0.15, 0.2) is 0 Å². The number of rotatable bonds is 4. The number of benzene rings is 1. The van der Waals surface area contributed by atoms with Crippen molar-refractivity contribution in [2.24, 2.45) is 0 Å². The summed E-state index contributed by atoms with van der Waals surface area (Å²) in [6.07, 6.45) is 0.550. The van der Waals surface area contributed by atoms with Crippen LogP contribution >= 0.6 is 0 Å². The van der Waals surface area contributed by atoms with E-state index in [1.165, 1.54) is 10.4 Å². The quantitative estimate of drug-likeness (QED) is 0.851. The fourth-order valence-corrected chi connectivity index (χ4v) is 4.03. The van der Waals surface area contributed by atoms with Crippen LogP contribution in [0.3, 0.4) is 0 Å². The first-order valence-electron chi connectivity index (χ1n) is 7.09. The second-order valence-electron chi connectivity index (χ2n) is 5.04. The Morgan fingerprint density at radius 2 is 2.24 bits per heavy atom. The highest BCUT2D eigenvalue weighted by atomic mass is 32.2. The molecule has 2 rings (SSSR count). The lowest BCUT2D eigenvalue weighted by Crippen LogP contribution is -2.36. The van der Waals surface area contributed by atoms with Crippen molar-refractivity contribution >= 4 is 15.7 Å². The second kappa shape index (κ2) is 6.64. The van der Waals surface area contributed by atoms with Gasteiger partial charge < -0.3 is 15.2 Å². The molecule has 1 aromatic carbocycles. The lowest BCUT2D eigenvalue weighted by molar-refractivity contribution is 0.0752. The Kier molecular flexibility index (Phi) is 5.08. The first-order chi connectivity index (χ1) is 9.95. The molecule has 118 valence electrons. The van der Waals surface area contributed by atoms with Gasteiger partial charge in [-0.1, -0.05) is 0 Å². The highest BCUT2D eigenvalue weighted by molar-refractivity contribution is 7.89. The van der Waals surface area contributed by atoms with Crippen LogP contribution in [0.15, 0.2) is 23.1 Å². The van der Waals surface area contributed by atoms with Gasteiger partial charge in [0, 0.05) is 25.4 Å². The SMILES string of the molecule is CCOc1ccc(N)cc1S(=O)(=O)N1CCCOC(C)C1. The summed E-state index contributed by atoms with van der Waals surface area (Å²) in [4.78, 5) is 0.124. The largest absolute Gasteiger partial charge is 0.492 e. The van der Waals surface area contributed by atoms with Gasteiger partial charge >= 0.3 is 0 Å². The molecule has 0 spiro atoms. The van der Waals surface area contributed by atoms with Crippen molar-refractivity contribution in [1.82, 2.24) is 4.31 Å². The molecular formula is C14H22N2O4S. The molecule has 1 unspecified atom stereocenters. The van der Waals surface area contributed by atoms with Gasteiger partial charge in [-0.15, -0.1) is 0 Å². The molecule has 0 aromatic heterocycles. The highest BCUT2D eigenvalue weighted by Crippen LogP contribution is 2.29. The smallest absolute Gasteiger partial charge is 0.246 e. The summed E-state index contributed by atoms with van der Waals surface area (Å²) >= 11 is 0. The monoisotopic (exact) mass is 314 g/mol. The molecule has 6 nitrogen and oxygen atoms in total. The highest BCUT2D eigenvalue weighted by Gasteiger charge is 2.30. The Hall–Kier alpha value is -1.31. The molecule has 2 N–H and O–H groups in total. The predicted octanol–water partition coefficient (Wildman–Crippen LogP) is 1.47. The van der Waals surface area contributed by atoms with Crippen molar-refractivity contribution in [3.05, 3.63) is 18.2 Å². The van der Waals surface area contributed by atoms with Crippen LogP contribution in [-0.2, 0) is 14.8 Å². The Labute approximate surface area is 125 Å². The number of nitrogen functional groups attached to an aromatic ring is 1. The topological polar surface area (TPSA) is 81.9 Å². The van der Waals surface area contributed by atoms with E-state index in [-0.39, 0.29) is 11.0 Å². The van der Waals surface area contributed by atoms with E-state index in [4.69, 9.17) is 15.2 Å². The Morgan fingerprint density at radius 3 is 2.95 bits per heavy atom. The number of anilines is 1. The first-order valence-corrected chi connectivity index (χ1v) is 8.53. The standard InChI is InChI=1S/C14H22N2O4S/c1-3-19-13-6-5-12(15)9-14(13)21(17,18)16-7-4-8-20-11(2)10-16/h5-6,9,11H,3-4,7-8,10,15H2,1-2H3. The van der Waals surface area contributed by atoms with Gasteiger partial charge in [0.05, 0.1) is 12.7 Å². The molecule has 7 heteroatoms. The van der Waals surface area contributed by atoms with E-state index in [0.717, 1.165) is 0 Å². The summed E-state index contributed by atoms with van der Waals surface area (Å²) in [5.41, 5.74) is 6.14. The average molecular weight is 314 g/mol. The minimum atomic E-state index is -3.65. The maximum Gasteiger partial charge on any atom is 0.246 e. The lowest BCUT2D eigenvalue weighted by atomic mass is 10.3. The van der Waals surface area contributed by atoms with Crippen molar-refractivity contribution in [2.45, 2.75) is 31.3 Å². The number of hydrogen-bond donors (Lipinski definition) is 1. The molecule has 1 aliphatic heterocycles. The van der Waals surface area contributed by atoms with Gasteiger partial charge in [0.1, 0.15) is 10.6 Å². The van der Waals surface area contributed by atoms with Crippen LogP contribution in [-0.4, -0.2) is 45.1 Å². The summed E-state index contributed by atoms with van der Waals surface area (Å²) < 4.78 is 38.1. The average Bonchev–Trinajstić information content (AvgIpc) is 2.66. The molecule has 1 aromatic rings. The van der Waals surface area contributed by atoms with E-state index in [2.05, 4.69) is 0 Å². The van der Waals surface area contributed by atoms with Gasteiger partial charge in [0.25, 0.3) is 0 Å². The minimum Gasteiger partial charge on any atom is -0.492 e. The lowest BCUT2D eigenvalue weighted by Gasteiger charge is -2.23. The fraction of sp³-hybridized carbons (Fsp3) is 0.571. The molecule has 0 radical (unpaired) electrons. The summed E-state index contributed by atoms with van der Waals surface area (Å²) in [6.45, 7) is 5.43. The van der Waals surface area contributed by atoms with Crippen molar-refractivity contribution in [3.8, 4) is 5.75 Å². The molecule has 1 heterocycles. The zero-order valence-electron chi connectivity index (χ0n) is 12.4. The second-order valence-corrected chi connectivity index (χ2v) is 6.94. The van der Waals surface area contributed by atoms with E-state index in [1.807, 2.05) is 13.8 Å². The maximum absolute atomic E-state index is 12.9. The number of ether oxygens (including phenoxy) is 2. The van der Waals surface area contributed by atoms with Crippen molar-refractivity contribution in [3.63, 3.8) is 0 Å². The normalized spacial score (nSPS) is 21.0. The number of hydrogen-bond acceptors (Lipinski definition) is 5. The third-order valence-corrected chi connectivity index (χ3v) is 5.19. The van der Waals surface area contributed by atoms with Crippen LogP contribution < -0.4 is 10.5 Å². The Bertz CT molecular complexity index is 589. The van der Waals surface area contributed by atoms with E-state index < -0.39 is 10.0 Å².